The molecular formula is C11H12ClNO2S. The summed E-state index contributed by atoms with van der Waals surface area (Å²) in [5.74, 6) is 0.0362. The van der Waals surface area contributed by atoms with Crippen LogP contribution in [0.5, 0.6) is 0 Å². The molecule has 0 aliphatic carbocycles. The SMILES string of the molecule is Cn1c(CS(C)(=O)=O)cc2cccc(Cl)c21. The summed E-state index contributed by atoms with van der Waals surface area (Å²) in [5.41, 5.74) is 1.63. The molecule has 16 heavy (non-hydrogen) atoms. The molecule has 0 N–H and O–H groups in total. The molecule has 0 fully saturated rings. The van der Waals surface area contributed by atoms with Crippen molar-refractivity contribution in [2.45, 2.75) is 5.75 Å². The van der Waals surface area contributed by atoms with E-state index in [0.717, 1.165) is 16.6 Å². The first kappa shape index (κ1) is 11.5. The molecule has 0 aliphatic heterocycles. The maximum absolute atomic E-state index is 11.3. The van der Waals surface area contributed by atoms with Gasteiger partial charge in [0.1, 0.15) is 0 Å². The first-order valence-corrected chi connectivity index (χ1v) is 7.23. The van der Waals surface area contributed by atoms with E-state index in [1.807, 2.05) is 29.8 Å². The summed E-state index contributed by atoms with van der Waals surface area (Å²) in [6, 6.07) is 7.44. The molecule has 0 saturated heterocycles. The molecule has 0 unspecified atom stereocenters. The zero-order chi connectivity index (χ0) is 11.9. The number of hydrogen-bond donors (Lipinski definition) is 0. The lowest BCUT2D eigenvalue weighted by atomic mass is 10.2. The Hall–Kier alpha value is -1.00. The number of aromatic nitrogens is 1. The molecule has 0 bridgehead atoms. The van der Waals surface area contributed by atoms with Crippen molar-refractivity contribution >= 4 is 32.3 Å². The first-order chi connectivity index (χ1) is 7.38. The Morgan fingerprint density at radius 3 is 2.62 bits per heavy atom. The molecule has 3 nitrogen and oxygen atoms in total. The fourth-order valence-corrected chi connectivity index (χ4v) is 2.95. The van der Waals surface area contributed by atoms with Gasteiger partial charge in [-0.3, -0.25) is 0 Å². The molecule has 2 rings (SSSR count). The van der Waals surface area contributed by atoms with E-state index in [1.54, 1.807) is 6.07 Å². The largest absolute Gasteiger partial charge is 0.345 e. The third-order valence-corrected chi connectivity index (χ3v) is 3.64. The van der Waals surface area contributed by atoms with Gasteiger partial charge in [0.2, 0.25) is 0 Å². The highest BCUT2D eigenvalue weighted by molar-refractivity contribution is 7.89. The van der Waals surface area contributed by atoms with Crippen molar-refractivity contribution < 1.29 is 8.42 Å². The van der Waals surface area contributed by atoms with Gasteiger partial charge < -0.3 is 4.57 Å². The minimum atomic E-state index is -3.02. The Kier molecular flexibility index (Phi) is 2.72. The summed E-state index contributed by atoms with van der Waals surface area (Å²) in [4.78, 5) is 0. The van der Waals surface area contributed by atoms with Crippen molar-refractivity contribution in [1.29, 1.82) is 0 Å². The highest BCUT2D eigenvalue weighted by atomic mass is 35.5. The van der Waals surface area contributed by atoms with E-state index in [-0.39, 0.29) is 5.75 Å². The number of aryl methyl sites for hydroxylation is 1. The minimum Gasteiger partial charge on any atom is -0.345 e. The van der Waals surface area contributed by atoms with Crippen LogP contribution in [-0.2, 0) is 22.6 Å². The molecule has 5 heteroatoms. The lowest BCUT2D eigenvalue weighted by molar-refractivity contribution is 0.599. The Balaban J connectivity index is 2.66. The van der Waals surface area contributed by atoms with Gasteiger partial charge in [0.05, 0.1) is 16.3 Å². The molecule has 0 amide bonds. The van der Waals surface area contributed by atoms with E-state index in [1.165, 1.54) is 6.26 Å². The van der Waals surface area contributed by atoms with Crippen LogP contribution in [0.4, 0.5) is 0 Å². The van der Waals surface area contributed by atoms with Gasteiger partial charge in [0, 0.05) is 24.4 Å². The average molecular weight is 258 g/mol. The van der Waals surface area contributed by atoms with Crippen LogP contribution in [0.15, 0.2) is 24.3 Å². The number of nitrogens with zero attached hydrogens (tertiary/aromatic N) is 1. The number of para-hydroxylation sites is 1. The second-order valence-corrected chi connectivity index (χ2v) is 6.49. The smallest absolute Gasteiger partial charge is 0.153 e. The maximum atomic E-state index is 11.3. The summed E-state index contributed by atoms with van der Waals surface area (Å²) in [5, 5.41) is 1.61. The standard InChI is InChI=1S/C11H12ClNO2S/c1-13-9(7-16(2,14)15)6-8-4-3-5-10(12)11(8)13/h3-6H,7H2,1-2H3. The molecule has 0 spiro atoms. The van der Waals surface area contributed by atoms with Gasteiger partial charge in [-0.15, -0.1) is 0 Å². The van der Waals surface area contributed by atoms with E-state index in [9.17, 15) is 8.42 Å². The van der Waals surface area contributed by atoms with Crippen LogP contribution in [0.1, 0.15) is 5.69 Å². The number of hydrogen-bond acceptors (Lipinski definition) is 2. The van der Waals surface area contributed by atoms with Crippen LogP contribution in [0.2, 0.25) is 5.02 Å². The van der Waals surface area contributed by atoms with Crippen molar-refractivity contribution in [1.82, 2.24) is 4.57 Å². The lowest BCUT2D eigenvalue weighted by Crippen LogP contribution is -2.05. The third-order valence-electron chi connectivity index (χ3n) is 2.52. The van der Waals surface area contributed by atoms with Crippen molar-refractivity contribution in [3.8, 4) is 0 Å². The van der Waals surface area contributed by atoms with Gasteiger partial charge >= 0.3 is 0 Å². The molecule has 0 radical (unpaired) electrons. The molecule has 1 aromatic carbocycles. The van der Waals surface area contributed by atoms with Gasteiger partial charge in [0.15, 0.2) is 9.84 Å². The fraction of sp³-hybridized carbons (Fsp3) is 0.273. The Morgan fingerprint density at radius 2 is 2.06 bits per heavy atom. The van der Waals surface area contributed by atoms with Gasteiger partial charge in [-0.2, -0.15) is 0 Å². The molecule has 0 atom stereocenters. The quantitative estimate of drug-likeness (QED) is 0.829. The van der Waals surface area contributed by atoms with Gasteiger partial charge in [-0.05, 0) is 12.1 Å². The molecule has 1 heterocycles. The van der Waals surface area contributed by atoms with E-state index in [0.29, 0.717) is 5.02 Å². The van der Waals surface area contributed by atoms with Crippen molar-refractivity contribution in [2.75, 3.05) is 6.26 Å². The summed E-state index contributed by atoms with van der Waals surface area (Å²) < 4.78 is 24.4. The molecule has 1 aromatic heterocycles. The van der Waals surface area contributed by atoms with Crippen LogP contribution >= 0.6 is 11.6 Å². The molecule has 0 saturated carbocycles. The van der Waals surface area contributed by atoms with E-state index in [4.69, 9.17) is 11.6 Å². The summed E-state index contributed by atoms with van der Waals surface area (Å²) >= 11 is 6.08. The number of fused-ring (bicyclic) bond motifs is 1. The fourth-order valence-electron chi connectivity index (χ4n) is 1.83. The van der Waals surface area contributed by atoms with Gasteiger partial charge in [-0.1, -0.05) is 23.7 Å². The van der Waals surface area contributed by atoms with Crippen molar-refractivity contribution in [3.05, 3.63) is 35.0 Å². The summed E-state index contributed by atoms with van der Waals surface area (Å²) in [6.07, 6.45) is 1.23. The minimum absolute atomic E-state index is 0.0362. The normalized spacial score (nSPS) is 12.2. The maximum Gasteiger partial charge on any atom is 0.153 e. The number of rotatable bonds is 2. The van der Waals surface area contributed by atoms with Crippen LogP contribution < -0.4 is 0 Å². The highest BCUT2D eigenvalue weighted by Gasteiger charge is 2.12. The van der Waals surface area contributed by atoms with Gasteiger partial charge in [0.25, 0.3) is 0 Å². The second-order valence-electron chi connectivity index (χ2n) is 3.94. The zero-order valence-corrected chi connectivity index (χ0v) is 10.6. The first-order valence-electron chi connectivity index (χ1n) is 4.79. The van der Waals surface area contributed by atoms with Crippen LogP contribution in [0.25, 0.3) is 10.9 Å². The van der Waals surface area contributed by atoms with Crippen molar-refractivity contribution in [2.24, 2.45) is 7.05 Å². The molecular weight excluding hydrogens is 246 g/mol. The lowest BCUT2D eigenvalue weighted by Gasteiger charge is -2.03. The second kappa shape index (κ2) is 3.79. The van der Waals surface area contributed by atoms with Gasteiger partial charge in [-0.25, -0.2) is 8.42 Å². The molecule has 86 valence electrons. The molecule has 2 aromatic rings. The number of halogens is 1. The van der Waals surface area contributed by atoms with E-state index >= 15 is 0 Å². The van der Waals surface area contributed by atoms with Crippen molar-refractivity contribution in [3.63, 3.8) is 0 Å². The Bertz CT molecular complexity index is 643. The Labute approximate surface area is 99.6 Å². The summed E-state index contributed by atoms with van der Waals surface area (Å²) in [6.45, 7) is 0. The van der Waals surface area contributed by atoms with Crippen LogP contribution in [-0.4, -0.2) is 19.2 Å². The van der Waals surface area contributed by atoms with Crippen LogP contribution in [0.3, 0.4) is 0 Å². The monoisotopic (exact) mass is 257 g/mol. The predicted octanol–water partition coefficient (Wildman–Crippen LogP) is 2.38. The predicted molar refractivity (Wildman–Crippen MR) is 66.5 cm³/mol. The molecule has 0 aliphatic rings. The zero-order valence-electron chi connectivity index (χ0n) is 9.07. The van der Waals surface area contributed by atoms with E-state index < -0.39 is 9.84 Å². The summed E-state index contributed by atoms with van der Waals surface area (Å²) in [7, 11) is -1.20. The third kappa shape index (κ3) is 2.08. The van der Waals surface area contributed by atoms with E-state index in [2.05, 4.69) is 0 Å². The van der Waals surface area contributed by atoms with Crippen LogP contribution in [0, 0.1) is 0 Å². The highest BCUT2D eigenvalue weighted by Crippen LogP contribution is 2.26. The number of sulfone groups is 1. The average Bonchev–Trinajstić information content (AvgIpc) is 2.42. The number of benzene rings is 1. The topological polar surface area (TPSA) is 39.1 Å². The Morgan fingerprint density at radius 1 is 1.38 bits per heavy atom.